The Morgan fingerprint density at radius 3 is 2.28 bits per heavy atom. The molecule has 3 aromatic carbocycles. The van der Waals surface area contributed by atoms with Crippen LogP contribution in [0.3, 0.4) is 0 Å². The van der Waals surface area contributed by atoms with Gasteiger partial charge in [-0.2, -0.15) is 0 Å². The molecule has 0 saturated carbocycles. The number of nitrogens with zero attached hydrogens (tertiary/aromatic N) is 1. The van der Waals surface area contributed by atoms with Crippen molar-refractivity contribution in [2.75, 3.05) is 6.61 Å². The predicted octanol–water partition coefficient (Wildman–Crippen LogP) is 5.45. The molecule has 0 spiro atoms. The van der Waals surface area contributed by atoms with E-state index < -0.39 is 0 Å². The number of hydrogen-bond donors (Lipinski definition) is 0. The van der Waals surface area contributed by atoms with Crippen molar-refractivity contribution in [1.29, 1.82) is 0 Å². The smallest absolute Gasteiger partial charge is 0.253 e. The van der Waals surface area contributed by atoms with Crippen LogP contribution in [-0.4, -0.2) is 23.5 Å². The van der Waals surface area contributed by atoms with Gasteiger partial charge in [-0.05, 0) is 48.1 Å². The molecule has 0 aromatic heterocycles. The van der Waals surface area contributed by atoms with E-state index in [1.807, 2.05) is 53.4 Å². The lowest BCUT2D eigenvalue weighted by molar-refractivity contribution is -0.144. The van der Waals surface area contributed by atoms with E-state index in [0.717, 1.165) is 41.8 Å². The number of fused-ring (bicyclic) bond motifs is 1. The minimum Gasteiger partial charge on any atom is -0.489 e. The van der Waals surface area contributed by atoms with Gasteiger partial charge in [0.15, 0.2) is 0 Å². The van der Waals surface area contributed by atoms with E-state index >= 15 is 0 Å². The average molecular weight is 426 g/mol. The van der Waals surface area contributed by atoms with Gasteiger partial charge in [-0.1, -0.05) is 78.9 Å². The summed E-state index contributed by atoms with van der Waals surface area (Å²) < 4.78 is 11.9. The molecule has 0 bridgehead atoms. The average Bonchev–Trinajstić information content (AvgIpc) is 3.28. The van der Waals surface area contributed by atoms with Gasteiger partial charge < -0.3 is 14.4 Å². The number of carbonyl (C=O) groups is 1. The van der Waals surface area contributed by atoms with Gasteiger partial charge in [0.2, 0.25) is 0 Å². The first kappa shape index (κ1) is 20.5. The maximum atomic E-state index is 12.7. The predicted molar refractivity (Wildman–Crippen MR) is 124 cm³/mol. The first-order chi connectivity index (χ1) is 15.8. The molecule has 2 heterocycles. The summed E-state index contributed by atoms with van der Waals surface area (Å²) in [4.78, 5) is 14.7. The van der Waals surface area contributed by atoms with Gasteiger partial charge in [-0.3, -0.25) is 4.79 Å². The lowest BCUT2D eigenvalue weighted by Crippen LogP contribution is -2.44. The van der Waals surface area contributed by atoms with Gasteiger partial charge in [-0.15, -0.1) is 0 Å². The fourth-order valence-electron chi connectivity index (χ4n) is 4.53. The molecule has 1 fully saturated rings. The largest absolute Gasteiger partial charge is 0.489 e. The minimum atomic E-state index is -0.211. The SMILES string of the molecule is O=C1COC(c2ccc(OCc3ccccc3)cc2)C2=CCC(CCc3ccccc3)N12. The van der Waals surface area contributed by atoms with Crippen LogP contribution in [0.15, 0.2) is 96.7 Å². The van der Waals surface area contributed by atoms with Crippen LogP contribution in [0.25, 0.3) is 0 Å². The van der Waals surface area contributed by atoms with Crippen LogP contribution < -0.4 is 4.74 Å². The second-order valence-corrected chi connectivity index (χ2v) is 8.34. The maximum Gasteiger partial charge on any atom is 0.253 e. The van der Waals surface area contributed by atoms with E-state index in [1.165, 1.54) is 5.56 Å². The van der Waals surface area contributed by atoms with Crippen LogP contribution >= 0.6 is 0 Å². The van der Waals surface area contributed by atoms with Crippen molar-refractivity contribution in [3.63, 3.8) is 0 Å². The fourth-order valence-corrected chi connectivity index (χ4v) is 4.53. The summed E-state index contributed by atoms with van der Waals surface area (Å²) in [5, 5.41) is 0. The number of rotatable bonds is 7. The Labute approximate surface area is 189 Å². The monoisotopic (exact) mass is 425 g/mol. The Kier molecular flexibility index (Phi) is 6.04. The van der Waals surface area contributed by atoms with Crippen LogP contribution in [0.5, 0.6) is 5.75 Å². The van der Waals surface area contributed by atoms with E-state index in [0.29, 0.717) is 6.61 Å². The Hall–Kier alpha value is -3.37. The Balaban J connectivity index is 1.24. The van der Waals surface area contributed by atoms with Crippen LogP contribution in [0.4, 0.5) is 0 Å². The summed E-state index contributed by atoms with van der Waals surface area (Å²) in [5.74, 6) is 0.883. The van der Waals surface area contributed by atoms with Gasteiger partial charge in [0.05, 0.1) is 5.70 Å². The second-order valence-electron chi connectivity index (χ2n) is 8.34. The highest BCUT2D eigenvalue weighted by Gasteiger charge is 2.39. The summed E-state index contributed by atoms with van der Waals surface area (Å²) in [6, 6.07) is 28.8. The van der Waals surface area contributed by atoms with Crippen LogP contribution in [-0.2, 0) is 22.6 Å². The second kappa shape index (κ2) is 9.41. The molecule has 4 nitrogen and oxygen atoms in total. The quantitative estimate of drug-likeness (QED) is 0.505. The summed E-state index contributed by atoms with van der Waals surface area (Å²) in [7, 11) is 0. The van der Waals surface area contributed by atoms with Crippen molar-refractivity contribution < 1.29 is 14.3 Å². The first-order valence-corrected chi connectivity index (χ1v) is 11.2. The van der Waals surface area contributed by atoms with Crippen molar-refractivity contribution >= 4 is 5.91 Å². The number of carbonyl (C=O) groups excluding carboxylic acids is 1. The summed E-state index contributed by atoms with van der Waals surface area (Å²) >= 11 is 0. The number of benzene rings is 3. The van der Waals surface area contributed by atoms with Crippen LogP contribution in [0.2, 0.25) is 0 Å². The Bertz CT molecular complexity index is 1080. The summed E-state index contributed by atoms with van der Waals surface area (Å²) in [5.41, 5.74) is 4.48. The molecular formula is C28H27NO3. The molecule has 5 rings (SSSR count). The zero-order valence-corrected chi connectivity index (χ0v) is 18.0. The molecule has 2 aliphatic rings. The third kappa shape index (κ3) is 4.46. The zero-order valence-electron chi connectivity index (χ0n) is 18.0. The zero-order chi connectivity index (χ0) is 21.8. The van der Waals surface area contributed by atoms with E-state index in [2.05, 4.69) is 42.5 Å². The molecule has 1 saturated heterocycles. The van der Waals surface area contributed by atoms with Gasteiger partial charge >= 0.3 is 0 Å². The normalized spacial score (nSPS) is 20.1. The highest BCUT2D eigenvalue weighted by Crippen LogP contribution is 2.39. The number of ether oxygens (including phenoxy) is 2. The van der Waals surface area contributed by atoms with Crippen molar-refractivity contribution in [2.45, 2.75) is 38.0 Å². The van der Waals surface area contributed by atoms with Crippen molar-refractivity contribution in [2.24, 2.45) is 0 Å². The van der Waals surface area contributed by atoms with Gasteiger partial charge in [-0.25, -0.2) is 0 Å². The minimum absolute atomic E-state index is 0.0610. The summed E-state index contributed by atoms with van der Waals surface area (Å²) in [6.45, 7) is 0.659. The molecule has 2 atom stereocenters. The fraction of sp³-hybridized carbons (Fsp3) is 0.250. The molecule has 0 N–H and O–H groups in total. The highest BCUT2D eigenvalue weighted by molar-refractivity contribution is 5.81. The number of hydrogen-bond acceptors (Lipinski definition) is 3. The van der Waals surface area contributed by atoms with E-state index in [4.69, 9.17) is 9.47 Å². The van der Waals surface area contributed by atoms with E-state index in [-0.39, 0.29) is 24.7 Å². The number of aryl methyl sites for hydroxylation is 1. The molecular weight excluding hydrogens is 398 g/mol. The molecule has 3 aromatic rings. The van der Waals surface area contributed by atoms with Gasteiger partial charge in [0, 0.05) is 6.04 Å². The van der Waals surface area contributed by atoms with Crippen molar-refractivity contribution in [3.05, 3.63) is 113 Å². The molecule has 0 radical (unpaired) electrons. The Morgan fingerprint density at radius 1 is 0.875 bits per heavy atom. The molecule has 4 heteroatoms. The van der Waals surface area contributed by atoms with Crippen LogP contribution in [0.1, 0.15) is 35.6 Å². The van der Waals surface area contributed by atoms with Crippen molar-refractivity contribution in [1.82, 2.24) is 4.90 Å². The number of morpholine rings is 1. The maximum absolute atomic E-state index is 12.7. The topological polar surface area (TPSA) is 38.8 Å². The standard InChI is InChI=1S/C28H27NO3/c30-27-20-32-28(23-12-16-25(17-13-23)31-19-22-9-5-2-6-10-22)26-18-15-24(29(26)27)14-11-21-7-3-1-4-8-21/h1-10,12-13,16-18,24,28H,11,14-15,19-20H2. The number of amides is 1. The highest BCUT2D eigenvalue weighted by atomic mass is 16.5. The lowest BCUT2D eigenvalue weighted by atomic mass is 10.0. The van der Waals surface area contributed by atoms with E-state index in [1.54, 1.807) is 0 Å². The first-order valence-electron chi connectivity index (χ1n) is 11.2. The molecule has 32 heavy (non-hydrogen) atoms. The Morgan fingerprint density at radius 2 is 1.56 bits per heavy atom. The van der Waals surface area contributed by atoms with Crippen molar-refractivity contribution in [3.8, 4) is 5.75 Å². The lowest BCUT2D eigenvalue weighted by Gasteiger charge is -2.36. The molecule has 2 aliphatic heterocycles. The summed E-state index contributed by atoms with van der Waals surface area (Å²) in [6.07, 6.45) is 4.77. The molecule has 1 amide bonds. The third-order valence-corrected chi connectivity index (χ3v) is 6.19. The third-order valence-electron chi connectivity index (χ3n) is 6.19. The van der Waals surface area contributed by atoms with E-state index in [9.17, 15) is 4.79 Å². The van der Waals surface area contributed by atoms with Gasteiger partial charge in [0.1, 0.15) is 25.1 Å². The molecule has 2 unspecified atom stereocenters. The van der Waals surface area contributed by atoms with Gasteiger partial charge in [0.25, 0.3) is 5.91 Å². The van der Waals surface area contributed by atoms with Crippen LogP contribution in [0, 0.1) is 0 Å². The molecule has 162 valence electrons. The molecule has 0 aliphatic carbocycles.